The zero-order valence-corrected chi connectivity index (χ0v) is 15.1. The highest BCUT2D eigenvalue weighted by molar-refractivity contribution is 9.10. The largest absolute Gasteiger partial charge is 0.481 e. The van der Waals surface area contributed by atoms with Crippen molar-refractivity contribution in [3.63, 3.8) is 0 Å². The van der Waals surface area contributed by atoms with E-state index in [1.54, 1.807) is 29.6 Å². The number of benzene rings is 1. The van der Waals surface area contributed by atoms with Crippen LogP contribution in [0.4, 0.5) is 0 Å². The van der Waals surface area contributed by atoms with Gasteiger partial charge < -0.3 is 10.0 Å². The highest BCUT2D eigenvalue weighted by Gasteiger charge is 2.42. The van der Waals surface area contributed by atoms with Crippen LogP contribution in [0.3, 0.4) is 0 Å². The second kappa shape index (κ2) is 6.05. The van der Waals surface area contributed by atoms with Crippen LogP contribution in [-0.2, 0) is 4.79 Å². The van der Waals surface area contributed by atoms with Gasteiger partial charge in [-0.05, 0) is 44.5 Å². The molecule has 1 aromatic heterocycles. The Balaban J connectivity index is 1.84. The van der Waals surface area contributed by atoms with Crippen LogP contribution in [-0.4, -0.2) is 44.8 Å². The lowest BCUT2D eigenvalue weighted by atomic mass is 9.90. The molecule has 1 N–H and O–H groups in total. The summed E-state index contributed by atoms with van der Waals surface area (Å²) >= 11 is 3.39. The molecule has 0 saturated carbocycles. The Morgan fingerprint density at radius 2 is 1.96 bits per heavy atom. The van der Waals surface area contributed by atoms with Gasteiger partial charge in [0.2, 0.25) is 0 Å². The lowest BCUT2D eigenvalue weighted by molar-refractivity contribution is -0.147. The number of halogens is 1. The standard InChI is InChI=1S/C17H18BrN3O3/c1-11-14(9-21(19-11)13-5-3-12(18)4-6-13)15(22)20-8-7-17(2,10-20)16(23)24/h3-6,9H,7-8,10H2,1-2H3,(H,23,24). The van der Waals surface area contributed by atoms with Gasteiger partial charge in [0.15, 0.2) is 0 Å². The van der Waals surface area contributed by atoms with Gasteiger partial charge >= 0.3 is 5.97 Å². The Morgan fingerprint density at radius 3 is 2.54 bits per heavy atom. The van der Waals surface area contributed by atoms with Gasteiger partial charge in [0.05, 0.1) is 22.4 Å². The first-order valence-corrected chi connectivity index (χ1v) is 8.44. The van der Waals surface area contributed by atoms with Crippen LogP contribution in [0, 0.1) is 12.3 Å². The Kier molecular flexibility index (Phi) is 4.21. The number of carboxylic acid groups (broad SMARTS) is 1. The van der Waals surface area contributed by atoms with Crippen LogP contribution in [0.1, 0.15) is 29.4 Å². The monoisotopic (exact) mass is 391 g/mol. The molecule has 0 bridgehead atoms. The number of hydrogen-bond donors (Lipinski definition) is 1. The molecule has 1 fully saturated rings. The van der Waals surface area contributed by atoms with Gasteiger partial charge in [-0.2, -0.15) is 5.10 Å². The normalized spacial score (nSPS) is 20.4. The van der Waals surface area contributed by atoms with Gasteiger partial charge in [0.1, 0.15) is 0 Å². The molecule has 1 aliphatic rings. The van der Waals surface area contributed by atoms with E-state index in [2.05, 4.69) is 21.0 Å². The topological polar surface area (TPSA) is 75.4 Å². The molecule has 1 saturated heterocycles. The molecule has 1 aliphatic heterocycles. The van der Waals surface area contributed by atoms with E-state index in [1.165, 1.54) is 0 Å². The van der Waals surface area contributed by atoms with Crippen molar-refractivity contribution in [2.75, 3.05) is 13.1 Å². The third-order valence-electron chi connectivity index (χ3n) is 4.50. The number of carboxylic acids is 1. The molecule has 0 radical (unpaired) electrons. The quantitative estimate of drug-likeness (QED) is 0.872. The number of hydrogen-bond acceptors (Lipinski definition) is 3. The number of aliphatic carboxylic acids is 1. The molecule has 1 aromatic carbocycles. The van der Waals surface area contributed by atoms with E-state index in [1.807, 2.05) is 24.3 Å². The lowest BCUT2D eigenvalue weighted by Crippen LogP contribution is -2.35. The maximum atomic E-state index is 12.7. The van der Waals surface area contributed by atoms with Crippen molar-refractivity contribution in [3.05, 3.63) is 46.2 Å². The van der Waals surface area contributed by atoms with Gasteiger partial charge in [-0.15, -0.1) is 0 Å². The molecule has 126 valence electrons. The maximum absolute atomic E-state index is 12.7. The third-order valence-corrected chi connectivity index (χ3v) is 5.03. The van der Waals surface area contributed by atoms with Crippen molar-refractivity contribution in [1.82, 2.24) is 14.7 Å². The Morgan fingerprint density at radius 1 is 1.29 bits per heavy atom. The molecule has 2 aromatic rings. The van der Waals surface area contributed by atoms with Crippen molar-refractivity contribution in [2.24, 2.45) is 5.41 Å². The van der Waals surface area contributed by atoms with Crippen LogP contribution in [0.2, 0.25) is 0 Å². The molecule has 0 spiro atoms. The minimum Gasteiger partial charge on any atom is -0.481 e. The Labute approximate surface area is 148 Å². The fraction of sp³-hybridized carbons (Fsp3) is 0.353. The Hall–Kier alpha value is -2.15. The highest BCUT2D eigenvalue weighted by atomic mass is 79.9. The molecule has 7 heteroatoms. The smallest absolute Gasteiger partial charge is 0.311 e. The molecule has 1 amide bonds. The second-order valence-corrected chi connectivity index (χ2v) is 7.31. The van der Waals surface area contributed by atoms with Crippen LogP contribution < -0.4 is 0 Å². The van der Waals surface area contributed by atoms with Crippen LogP contribution in [0.15, 0.2) is 34.9 Å². The van der Waals surface area contributed by atoms with Gasteiger partial charge in [0.25, 0.3) is 5.91 Å². The van der Waals surface area contributed by atoms with E-state index in [0.29, 0.717) is 24.2 Å². The summed E-state index contributed by atoms with van der Waals surface area (Å²) < 4.78 is 2.64. The zero-order chi connectivity index (χ0) is 17.5. The maximum Gasteiger partial charge on any atom is 0.311 e. The van der Waals surface area contributed by atoms with E-state index >= 15 is 0 Å². The average molecular weight is 392 g/mol. The van der Waals surface area contributed by atoms with Gasteiger partial charge in [0, 0.05) is 23.8 Å². The van der Waals surface area contributed by atoms with E-state index in [0.717, 1.165) is 10.2 Å². The van der Waals surface area contributed by atoms with E-state index in [4.69, 9.17) is 0 Å². The number of carbonyl (C=O) groups excluding carboxylic acids is 1. The summed E-state index contributed by atoms with van der Waals surface area (Å²) in [5.74, 6) is -1.03. The third kappa shape index (κ3) is 2.96. The number of aryl methyl sites for hydroxylation is 1. The molecule has 2 heterocycles. The molecule has 1 atom stereocenters. The van der Waals surface area contributed by atoms with Crippen LogP contribution in [0.5, 0.6) is 0 Å². The van der Waals surface area contributed by atoms with E-state index in [-0.39, 0.29) is 12.5 Å². The predicted octanol–water partition coefficient (Wildman–Crippen LogP) is 2.88. The number of likely N-dealkylation sites (tertiary alicyclic amines) is 1. The van der Waals surface area contributed by atoms with Crippen molar-refractivity contribution in [1.29, 1.82) is 0 Å². The summed E-state index contributed by atoms with van der Waals surface area (Å²) in [4.78, 5) is 25.7. The molecule has 3 rings (SSSR count). The Bertz CT molecular complexity index is 800. The SMILES string of the molecule is Cc1nn(-c2ccc(Br)cc2)cc1C(=O)N1CCC(C)(C(=O)O)C1. The highest BCUT2D eigenvalue weighted by Crippen LogP contribution is 2.31. The minimum absolute atomic E-state index is 0.166. The van der Waals surface area contributed by atoms with Crippen LogP contribution in [0.25, 0.3) is 5.69 Å². The first-order chi connectivity index (χ1) is 11.3. The fourth-order valence-electron chi connectivity index (χ4n) is 2.88. The summed E-state index contributed by atoms with van der Waals surface area (Å²) in [6.45, 7) is 4.14. The molecular weight excluding hydrogens is 374 g/mol. The second-order valence-electron chi connectivity index (χ2n) is 6.39. The van der Waals surface area contributed by atoms with Crippen molar-refractivity contribution < 1.29 is 14.7 Å². The van der Waals surface area contributed by atoms with E-state index < -0.39 is 11.4 Å². The predicted molar refractivity (Wildman–Crippen MR) is 92.3 cm³/mol. The van der Waals surface area contributed by atoms with Crippen LogP contribution >= 0.6 is 15.9 Å². The van der Waals surface area contributed by atoms with Gasteiger partial charge in [-0.3, -0.25) is 9.59 Å². The summed E-state index contributed by atoms with van der Waals surface area (Å²) in [5.41, 5.74) is 1.13. The van der Waals surface area contributed by atoms with Crippen molar-refractivity contribution in [3.8, 4) is 5.69 Å². The fourth-order valence-corrected chi connectivity index (χ4v) is 3.14. The van der Waals surface area contributed by atoms with E-state index in [9.17, 15) is 14.7 Å². The molecular formula is C17H18BrN3O3. The molecule has 0 aliphatic carbocycles. The number of nitrogens with zero attached hydrogens (tertiary/aromatic N) is 3. The summed E-state index contributed by atoms with van der Waals surface area (Å²) in [5, 5.41) is 13.7. The number of rotatable bonds is 3. The lowest BCUT2D eigenvalue weighted by Gasteiger charge is -2.19. The molecule has 1 unspecified atom stereocenters. The minimum atomic E-state index is -0.870. The molecule has 24 heavy (non-hydrogen) atoms. The summed E-state index contributed by atoms with van der Waals surface area (Å²) in [7, 11) is 0. The van der Waals surface area contributed by atoms with Gasteiger partial charge in [-0.25, -0.2) is 4.68 Å². The number of carbonyl (C=O) groups is 2. The summed E-state index contributed by atoms with van der Waals surface area (Å²) in [6.07, 6.45) is 2.17. The summed E-state index contributed by atoms with van der Waals surface area (Å²) in [6, 6.07) is 7.63. The first-order valence-electron chi connectivity index (χ1n) is 7.65. The van der Waals surface area contributed by atoms with Crippen molar-refractivity contribution in [2.45, 2.75) is 20.3 Å². The van der Waals surface area contributed by atoms with Gasteiger partial charge in [-0.1, -0.05) is 15.9 Å². The number of aromatic nitrogens is 2. The molecule has 6 nitrogen and oxygen atoms in total. The average Bonchev–Trinajstić information content (AvgIpc) is 3.12. The zero-order valence-electron chi connectivity index (χ0n) is 13.5. The first kappa shape index (κ1) is 16.7. The van der Waals surface area contributed by atoms with Crippen molar-refractivity contribution >= 4 is 27.8 Å². The number of amides is 1.